The maximum Gasteiger partial charge on any atom is 0.0468 e. The minimum atomic E-state index is 0.233. The predicted octanol–water partition coefficient (Wildman–Crippen LogP) is 0.409. The molecule has 2 aliphatic rings. The zero-order valence-corrected chi connectivity index (χ0v) is 6.48. The number of aliphatic hydroxyl groups is 2. The summed E-state index contributed by atoms with van der Waals surface area (Å²) < 4.78 is 0. The van der Waals surface area contributed by atoms with E-state index >= 15 is 0 Å². The Morgan fingerprint density at radius 3 is 1.82 bits per heavy atom. The van der Waals surface area contributed by atoms with Gasteiger partial charge in [0.1, 0.15) is 0 Å². The molecule has 0 aliphatic heterocycles. The molecular weight excluding hydrogens is 140 g/mol. The van der Waals surface area contributed by atoms with Crippen LogP contribution in [-0.4, -0.2) is 23.4 Å². The van der Waals surface area contributed by atoms with Gasteiger partial charge >= 0.3 is 0 Å². The van der Waals surface area contributed by atoms with Crippen LogP contribution in [0.5, 0.6) is 0 Å². The molecule has 0 radical (unpaired) electrons. The van der Waals surface area contributed by atoms with Gasteiger partial charge in [-0.25, -0.2) is 0 Å². The van der Waals surface area contributed by atoms with Crippen LogP contribution in [0.15, 0.2) is 12.2 Å². The molecule has 62 valence electrons. The molecule has 0 aromatic heterocycles. The summed E-state index contributed by atoms with van der Waals surface area (Å²) in [5, 5.41) is 18.1. The van der Waals surface area contributed by atoms with Crippen molar-refractivity contribution < 1.29 is 10.2 Å². The van der Waals surface area contributed by atoms with Gasteiger partial charge in [-0.05, 0) is 30.1 Å². The van der Waals surface area contributed by atoms with Crippen LogP contribution < -0.4 is 0 Å². The van der Waals surface area contributed by atoms with E-state index < -0.39 is 0 Å². The highest BCUT2D eigenvalue weighted by Gasteiger charge is 2.43. The second kappa shape index (κ2) is 2.61. The number of allylic oxidation sites excluding steroid dienone is 2. The molecule has 1 fully saturated rings. The maximum atomic E-state index is 9.04. The third-order valence-corrected chi connectivity index (χ3v) is 3.22. The average molecular weight is 154 g/mol. The molecule has 1 saturated carbocycles. The molecule has 0 aromatic carbocycles. The molecule has 0 aromatic rings. The quantitative estimate of drug-likeness (QED) is 0.565. The summed E-state index contributed by atoms with van der Waals surface area (Å²) in [6.45, 7) is 0.466. The Bertz CT molecular complexity index is 158. The molecule has 0 spiro atoms. The largest absolute Gasteiger partial charge is 0.396 e. The van der Waals surface area contributed by atoms with Crippen molar-refractivity contribution >= 4 is 0 Å². The second-order valence-electron chi connectivity index (χ2n) is 3.64. The van der Waals surface area contributed by atoms with Gasteiger partial charge in [-0.2, -0.15) is 0 Å². The lowest BCUT2D eigenvalue weighted by atomic mass is 9.84. The predicted molar refractivity (Wildman–Crippen MR) is 41.9 cm³/mol. The lowest BCUT2D eigenvalue weighted by molar-refractivity contribution is 0.112. The highest BCUT2D eigenvalue weighted by molar-refractivity contribution is 5.13. The molecule has 2 N–H and O–H groups in total. The molecule has 2 aliphatic carbocycles. The van der Waals surface area contributed by atoms with Crippen molar-refractivity contribution in [2.45, 2.75) is 6.42 Å². The Balaban J connectivity index is 2.15. The zero-order valence-electron chi connectivity index (χ0n) is 6.48. The van der Waals surface area contributed by atoms with Gasteiger partial charge in [0.25, 0.3) is 0 Å². The van der Waals surface area contributed by atoms with Crippen LogP contribution in [0.3, 0.4) is 0 Å². The summed E-state index contributed by atoms with van der Waals surface area (Å²) in [6.07, 6.45) is 5.53. The first-order chi connectivity index (χ1) is 5.36. The SMILES string of the molecule is OC[C@H]1[C@H]2C=CC(C2)[C@@H]1CO. The number of hydrogen-bond donors (Lipinski definition) is 2. The van der Waals surface area contributed by atoms with Crippen LogP contribution in [0.1, 0.15) is 6.42 Å². The molecule has 0 heterocycles. The first kappa shape index (κ1) is 7.32. The summed E-state index contributed by atoms with van der Waals surface area (Å²) in [6, 6.07) is 0. The van der Waals surface area contributed by atoms with Gasteiger partial charge in [-0.1, -0.05) is 12.2 Å². The molecule has 0 amide bonds. The Labute approximate surface area is 66.5 Å². The topological polar surface area (TPSA) is 40.5 Å². The third kappa shape index (κ3) is 0.932. The first-order valence-electron chi connectivity index (χ1n) is 4.27. The molecule has 11 heavy (non-hydrogen) atoms. The normalized spacial score (nSPS) is 47.1. The fraction of sp³-hybridized carbons (Fsp3) is 0.778. The molecule has 2 heteroatoms. The fourth-order valence-corrected chi connectivity index (χ4v) is 2.57. The summed E-state index contributed by atoms with van der Waals surface area (Å²) in [5.74, 6) is 1.74. The Morgan fingerprint density at radius 2 is 1.45 bits per heavy atom. The lowest BCUT2D eigenvalue weighted by Crippen LogP contribution is -2.25. The van der Waals surface area contributed by atoms with Crippen LogP contribution in [0.4, 0.5) is 0 Å². The molecule has 4 atom stereocenters. The fourth-order valence-electron chi connectivity index (χ4n) is 2.57. The van der Waals surface area contributed by atoms with Crippen molar-refractivity contribution in [3.8, 4) is 0 Å². The minimum Gasteiger partial charge on any atom is -0.396 e. The Hall–Kier alpha value is -0.340. The summed E-state index contributed by atoms with van der Waals surface area (Å²) in [4.78, 5) is 0. The van der Waals surface area contributed by atoms with Gasteiger partial charge in [-0.15, -0.1) is 0 Å². The summed E-state index contributed by atoms with van der Waals surface area (Å²) >= 11 is 0. The molecule has 0 saturated heterocycles. The molecule has 2 bridgehead atoms. The summed E-state index contributed by atoms with van der Waals surface area (Å²) in [5.41, 5.74) is 0. The first-order valence-corrected chi connectivity index (χ1v) is 4.27. The maximum absolute atomic E-state index is 9.04. The molecule has 2 rings (SSSR count). The number of hydrogen-bond acceptors (Lipinski definition) is 2. The van der Waals surface area contributed by atoms with Crippen molar-refractivity contribution in [1.82, 2.24) is 0 Å². The molecular formula is C9H14O2. The van der Waals surface area contributed by atoms with Gasteiger partial charge in [0.15, 0.2) is 0 Å². The van der Waals surface area contributed by atoms with E-state index in [1.807, 2.05) is 0 Å². The summed E-state index contributed by atoms with van der Waals surface area (Å²) in [7, 11) is 0. The van der Waals surface area contributed by atoms with E-state index in [-0.39, 0.29) is 13.2 Å². The van der Waals surface area contributed by atoms with Gasteiger partial charge in [0, 0.05) is 13.2 Å². The van der Waals surface area contributed by atoms with Crippen LogP contribution in [0.2, 0.25) is 0 Å². The highest BCUT2D eigenvalue weighted by atomic mass is 16.3. The minimum absolute atomic E-state index is 0.233. The van der Waals surface area contributed by atoms with E-state index in [0.29, 0.717) is 23.7 Å². The Morgan fingerprint density at radius 1 is 1.00 bits per heavy atom. The van der Waals surface area contributed by atoms with Crippen LogP contribution in [0.25, 0.3) is 0 Å². The molecule has 1 unspecified atom stereocenters. The van der Waals surface area contributed by atoms with Gasteiger partial charge in [0.05, 0.1) is 0 Å². The van der Waals surface area contributed by atoms with Crippen molar-refractivity contribution in [1.29, 1.82) is 0 Å². The molecule has 2 nitrogen and oxygen atoms in total. The van der Waals surface area contributed by atoms with E-state index in [1.165, 1.54) is 0 Å². The van der Waals surface area contributed by atoms with Crippen molar-refractivity contribution in [2.75, 3.05) is 13.2 Å². The lowest BCUT2D eigenvalue weighted by Gasteiger charge is -2.23. The van der Waals surface area contributed by atoms with Crippen LogP contribution in [0, 0.1) is 23.7 Å². The zero-order chi connectivity index (χ0) is 7.84. The number of fused-ring (bicyclic) bond motifs is 2. The smallest absolute Gasteiger partial charge is 0.0468 e. The number of rotatable bonds is 2. The van der Waals surface area contributed by atoms with Gasteiger partial charge < -0.3 is 10.2 Å². The third-order valence-electron chi connectivity index (χ3n) is 3.22. The van der Waals surface area contributed by atoms with Crippen LogP contribution in [-0.2, 0) is 0 Å². The van der Waals surface area contributed by atoms with E-state index in [0.717, 1.165) is 6.42 Å². The average Bonchev–Trinajstić information content (AvgIpc) is 2.60. The van der Waals surface area contributed by atoms with Crippen LogP contribution >= 0.6 is 0 Å². The van der Waals surface area contributed by atoms with Gasteiger partial charge in [0.2, 0.25) is 0 Å². The Kier molecular flexibility index (Phi) is 1.74. The number of aliphatic hydroxyl groups excluding tert-OH is 2. The second-order valence-corrected chi connectivity index (χ2v) is 3.64. The highest BCUT2D eigenvalue weighted by Crippen LogP contribution is 2.47. The van der Waals surface area contributed by atoms with E-state index in [9.17, 15) is 0 Å². The van der Waals surface area contributed by atoms with E-state index in [4.69, 9.17) is 10.2 Å². The monoisotopic (exact) mass is 154 g/mol. The standard InChI is InChI=1S/C9H14O2/c10-4-8-6-1-2-7(3-6)9(8)5-11/h1-2,6-11H,3-5H2/t6-,7?,8-,9-/m0/s1. The van der Waals surface area contributed by atoms with E-state index in [1.54, 1.807) is 0 Å². The van der Waals surface area contributed by atoms with Crippen molar-refractivity contribution in [2.24, 2.45) is 23.7 Å². The van der Waals surface area contributed by atoms with E-state index in [2.05, 4.69) is 12.2 Å². The van der Waals surface area contributed by atoms with Crippen molar-refractivity contribution in [3.63, 3.8) is 0 Å². The van der Waals surface area contributed by atoms with Gasteiger partial charge in [-0.3, -0.25) is 0 Å². The van der Waals surface area contributed by atoms with Crippen molar-refractivity contribution in [3.05, 3.63) is 12.2 Å².